The molecule has 0 amide bonds. The van der Waals surface area contributed by atoms with Gasteiger partial charge in [-0.25, -0.2) is 0 Å². The molecule has 0 aromatic heterocycles. The second-order valence-corrected chi connectivity index (χ2v) is 18.4. The van der Waals surface area contributed by atoms with Gasteiger partial charge in [0, 0.05) is 0 Å². The van der Waals surface area contributed by atoms with Crippen molar-refractivity contribution < 1.29 is 6.15 Å². The Kier molecular flexibility index (Phi) is 9.36. The monoisotopic (exact) mass is 532 g/mol. The van der Waals surface area contributed by atoms with Crippen LogP contribution in [0.3, 0.4) is 0 Å². The van der Waals surface area contributed by atoms with Crippen LogP contribution in [0.4, 0.5) is 0 Å². The Morgan fingerprint density at radius 1 is 0.548 bits per heavy atom. The summed E-state index contributed by atoms with van der Waals surface area (Å²) in [4.78, 5) is 4.47. The fraction of sp³-hybridized carbons (Fsp3) is 0.571. The first-order valence-electron chi connectivity index (χ1n) is 12.3. The second kappa shape index (κ2) is 11.1. The van der Waals surface area contributed by atoms with Crippen LogP contribution in [0.15, 0.2) is 48.5 Å². The Hall–Kier alpha value is -1.16. The van der Waals surface area contributed by atoms with Crippen molar-refractivity contribution in [3.8, 4) is 11.5 Å². The maximum absolute atomic E-state index is 6.80. The molecule has 2 rings (SSSR count). The molecule has 3 heteroatoms. The third-order valence-electron chi connectivity index (χ3n) is 7.69. The number of hydrogen-bond acceptors (Lipinski definition) is 2. The summed E-state index contributed by atoms with van der Waals surface area (Å²) >= 11 is -3.35. The summed E-state index contributed by atoms with van der Waals surface area (Å²) in [6.45, 7) is 13.8. The van der Waals surface area contributed by atoms with Crippen molar-refractivity contribution in [2.75, 3.05) is 0 Å². The van der Waals surface area contributed by atoms with E-state index in [-0.39, 0.29) is 10.8 Å². The molecule has 0 saturated heterocycles. The summed E-state index contributed by atoms with van der Waals surface area (Å²) < 4.78 is 13.6. The number of para-hydroxylation sites is 2. The zero-order valence-electron chi connectivity index (χ0n) is 21.2. The topological polar surface area (TPSA) is 18.5 Å². The molecule has 0 aliphatic heterocycles. The zero-order valence-corrected chi connectivity index (χ0v) is 24.0. The molecule has 2 aromatic carbocycles. The van der Waals surface area contributed by atoms with E-state index in [1.54, 1.807) is 0 Å². The average molecular weight is 531 g/mol. The van der Waals surface area contributed by atoms with Gasteiger partial charge in [0.25, 0.3) is 0 Å². The third-order valence-corrected chi connectivity index (χ3v) is 11.8. The van der Waals surface area contributed by atoms with Gasteiger partial charge in [0.15, 0.2) is 0 Å². The van der Waals surface area contributed by atoms with Crippen LogP contribution in [-0.2, 0) is 10.8 Å². The molecule has 2 nitrogen and oxygen atoms in total. The first-order valence-corrected chi connectivity index (χ1v) is 20.4. The van der Waals surface area contributed by atoms with Crippen molar-refractivity contribution in [3.63, 3.8) is 0 Å². The van der Waals surface area contributed by atoms with Gasteiger partial charge >= 0.3 is 197 Å². The summed E-state index contributed by atoms with van der Waals surface area (Å²) in [7, 11) is 0. The van der Waals surface area contributed by atoms with Gasteiger partial charge in [-0.15, -0.1) is 0 Å². The van der Waals surface area contributed by atoms with E-state index in [1.807, 2.05) is 0 Å². The van der Waals surface area contributed by atoms with E-state index in [4.69, 9.17) is 6.15 Å². The first-order chi connectivity index (χ1) is 14.8. The fourth-order valence-corrected chi connectivity index (χ4v) is 9.34. The van der Waals surface area contributed by atoms with E-state index < -0.39 is 19.2 Å². The van der Waals surface area contributed by atoms with Crippen molar-refractivity contribution >= 4 is 19.2 Å². The van der Waals surface area contributed by atoms with Gasteiger partial charge in [0.05, 0.1) is 0 Å². The molecule has 0 bridgehead atoms. The zero-order chi connectivity index (χ0) is 23.1. The van der Waals surface area contributed by atoms with E-state index in [2.05, 4.69) is 100.0 Å². The summed E-state index contributed by atoms with van der Waals surface area (Å²) in [5.74, 6) is 2.05. The quantitative estimate of drug-likeness (QED) is 0.255. The van der Waals surface area contributed by atoms with Crippen LogP contribution in [0.1, 0.15) is 91.2 Å². The predicted molar refractivity (Wildman–Crippen MR) is 137 cm³/mol. The fourth-order valence-electron chi connectivity index (χ4n) is 5.18. The van der Waals surface area contributed by atoms with E-state index in [0.29, 0.717) is 0 Å². The predicted octanol–water partition coefficient (Wildman–Crippen LogP) is 8.78. The molecule has 0 aliphatic carbocycles. The number of hydrogen-bond donors (Lipinski definition) is 0. The molecule has 0 spiro atoms. The van der Waals surface area contributed by atoms with Crippen molar-refractivity contribution in [3.05, 3.63) is 59.7 Å². The van der Waals surface area contributed by atoms with Crippen LogP contribution >= 0.6 is 0 Å². The normalized spacial score (nSPS) is 12.6. The first kappa shape index (κ1) is 26.1. The Morgan fingerprint density at radius 3 is 1.13 bits per heavy atom. The molecule has 0 heterocycles. The molecule has 0 unspecified atom stereocenters. The van der Waals surface area contributed by atoms with Crippen molar-refractivity contribution in [2.45, 2.75) is 101 Å². The molecular formula is C28H44O2Sn. The van der Waals surface area contributed by atoms with Crippen molar-refractivity contribution in [1.82, 2.24) is 0 Å². The SMILES string of the molecule is CCC(CC)(CC)c1ccccc1[O][Sn]([CH3])([CH3])[O]c1ccccc1C(CC)(CC)CC. The summed E-state index contributed by atoms with van der Waals surface area (Å²) in [5.41, 5.74) is 3.01. The standard InChI is InChI=1S/2C13H20O.2CH3.Sn/c2*1-4-13(5-2,6-3)11-9-7-8-10-12(11)14;;;/h2*7-10,14H,4-6H2,1-3H3;2*1H3;/q;;;;+2/p-2. The molecule has 0 N–H and O–H groups in total. The third kappa shape index (κ3) is 5.61. The molecule has 2 aromatic rings. The van der Waals surface area contributed by atoms with Gasteiger partial charge in [-0.2, -0.15) is 0 Å². The molecule has 31 heavy (non-hydrogen) atoms. The molecule has 0 aliphatic rings. The molecule has 172 valence electrons. The Morgan fingerprint density at radius 2 is 0.839 bits per heavy atom. The van der Waals surface area contributed by atoms with Crippen LogP contribution < -0.4 is 6.15 Å². The van der Waals surface area contributed by atoms with Crippen molar-refractivity contribution in [1.29, 1.82) is 0 Å². The molecule has 0 saturated carbocycles. The Labute approximate surface area is 196 Å². The number of benzene rings is 2. The van der Waals surface area contributed by atoms with Crippen LogP contribution in [0, 0.1) is 0 Å². The van der Waals surface area contributed by atoms with Gasteiger partial charge in [-0.05, 0) is 0 Å². The second-order valence-electron chi connectivity index (χ2n) is 9.28. The molecule has 0 atom stereocenters. The minimum atomic E-state index is -3.35. The summed E-state index contributed by atoms with van der Waals surface area (Å²) in [6.07, 6.45) is 6.70. The van der Waals surface area contributed by atoms with Gasteiger partial charge in [-0.1, -0.05) is 0 Å². The van der Waals surface area contributed by atoms with Gasteiger partial charge in [-0.3, -0.25) is 0 Å². The average Bonchev–Trinajstić information content (AvgIpc) is 2.78. The minimum absolute atomic E-state index is 0.165. The molecule has 0 radical (unpaired) electrons. The van der Waals surface area contributed by atoms with Crippen LogP contribution in [0.2, 0.25) is 9.88 Å². The van der Waals surface area contributed by atoms with Gasteiger partial charge < -0.3 is 0 Å². The molecule has 0 fully saturated rings. The number of rotatable bonds is 12. The van der Waals surface area contributed by atoms with Crippen LogP contribution in [0.25, 0.3) is 0 Å². The van der Waals surface area contributed by atoms with Crippen molar-refractivity contribution in [2.24, 2.45) is 0 Å². The van der Waals surface area contributed by atoms with Gasteiger partial charge in [0.2, 0.25) is 0 Å². The molecular weight excluding hydrogens is 487 g/mol. The van der Waals surface area contributed by atoms with E-state index >= 15 is 0 Å². The summed E-state index contributed by atoms with van der Waals surface area (Å²) in [5, 5.41) is 0. The summed E-state index contributed by atoms with van der Waals surface area (Å²) in [6, 6.07) is 17.3. The Balaban J connectivity index is 2.42. The van der Waals surface area contributed by atoms with Crippen LogP contribution in [0.5, 0.6) is 11.5 Å². The van der Waals surface area contributed by atoms with E-state index in [9.17, 15) is 0 Å². The van der Waals surface area contributed by atoms with Gasteiger partial charge in [0.1, 0.15) is 0 Å². The Bertz CT molecular complexity index is 735. The van der Waals surface area contributed by atoms with Crippen LogP contribution in [-0.4, -0.2) is 19.2 Å². The van der Waals surface area contributed by atoms with E-state index in [0.717, 1.165) is 50.0 Å². The van der Waals surface area contributed by atoms with E-state index in [1.165, 1.54) is 11.1 Å². The maximum atomic E-state index is 6.80.